The van der Waals surface area contributed by atoms with Gasteiger partial charge in [-0.1, -0.05) is 33.1 Å². The van der Waals surface area contributed by atoms with Gasteiger partial charge < -0.3 is 5.32 Å². The van der Waals surface area contributed by atoms with Crippen molar-refractivity contribution in [2.24, 2.45) is 0 Å². The lowest BCUT2D eigenvalue weighted by atomic mass is 10.1. The van der Waals surface area contributed by atoms with E-state index in [0.717, 1.165) is 6.04 Å². The molecular formula is C14H30N2. The highest BCUT2D eigenvalue weighted by Crippen LogP contribution is 2.14. The van der Waals surface area contributed by atoms with Crippen molar-refractivity contribution in [2.75, 3.05) is 26.2 Å². The largest absolute Gasteiger partial charge is 0.315 e. The molecule has 2 nitrogen and oxygen atoms in total. The van der Waals surface area contributed by atoms with Crippen molar-refractivity contribution in [1.29, 1.82) is 0 Å². The molecule has 0 saturated carbocycles. The first kappa shape index (κ1) is 14.0. The van der Waals surface area contributed by atoms with Crippen LogP contribution in [0.3, 0.4) is 0 Å². The first-order valence-electron chi connectivity index (χ1n) is 7.33. The van der Waals surface area contributed by atoms with Crippen LogP contribution < -0.4 is 5.32 Å². The molecule has 1 unspecified atom stereocenters. The highest BCUT2D eigenvalue weighted by Gasteiger charge is 2.16. The number of nitrogens with one attached hydrogen (secondary N) is 1. The third-order valence-electron chi connectivity index (χ3n) is 3.69. The topological polar surface area (TPSA) is 15.3 Å². The second-order valence-electron chi connectivity index (χ2n) is 5.07. The van der Waals surface area contributed by atoms with Crippen molar-refractivity contribution >= 4 is 0 Å². The van der Waals surface area contributed by atoms with Crippen LogP contribution in [0, 0.1) is 0 Å². The van der Waals surface area contributed by atoms with E-state index in [2.05, 4.69) is 24.1 Å². The van der Waals surface area contributed by atoms with Gasteiger partial charge in [0.1, 0.15) is 0 Å². The Labute approximate surface area is 102 Å². The van der Waals surface area contributed by atoms with Crippen LogP contribution in [0.5, 0.6) is 0 Å². The summed E-state index contributed by atoms with van der Waals surface area (Å²) in [5, 5.41) is 3.58. The lowest BCUT2D eigenvalue weighted by Crippen LogP contribution is -2.43. The fourth-order valence-electron chi connectivity index (χ4n) is 2.61. The molecule has 96 valence electrons. The number of rotatable bonds is 6. The fourth-order valence-corrected chi connectivity index (χ4v) is 2.61. The number of nitrogens with zero attached hydrogens (tertiary/aromatic N) is 1. The quantitative estimate of drug-likeness (QED) is 0.700. The average Bonchev–Trinajstić information content (AvgIpc) is 2.25. The van der Waals surface area contributed by atoms with Gasteiger partial charge in [-0.15, -0.1) is 0 Å². The third-order valence-corrected chi connectivity index (χ3v) is 3.69. The van der Waals surface area contributed by atoms with Crippen LogP contribution in [0.2, 0.25) is 0 Å². The zero-order valence-corrected chi connectivity index (χ0v) is 11.3. The molecule has 16 heavy (non-hydrogen) atoms. The van der Waals surface area contributed by atoms with Crippen molar-refractivity contribution in [2.45, 2.75) is 64.8 Å². The van der Waals surface area contributed by atoms with Gasteiger partial charge in [-0.3, -0.25) is 4.90 Å². The van der Waals surface area contributed by atoms with Crippen LogP contribution in [0.15, 0.2) is 0 Å². The van der Waals surface area contributed by atoms with E-state index in [1.54, 1.807) is 0 Å². The molecule has 2 heteroatoms. The highest BCUT2D eigenvalue weighted by atomic mass is 15.2. The van der Waals surface area contributed by atoms with Gasteiger partial charge in [0.15, 0.2) is 0 Å². The molecule has 0 aliphatic carbocycles. The molecule has 0 aromatic heterocycles. The molecule has 1 aliphatic rings. The summed E-state index contributed by atoms with van der Waals surface area (Å²) in [7, 11) is 0. The predicted molar refractivity (Wildman–Crippen MR) is 71.9 cm³/mol. The second kappa shape index (κ2) is 9.00. The molecule has 0 bridgehead atoms. The summed E-state index contributed by atoms with van der Waals surface area (Å²) in [6.07, 6.45) is 9.69. The summed E-state index contributed by atoms with van der Waals surface area (Å²) in [4.78, 5) is 2.72. The van der Waals surface area contributed by atoms with E-state index in [9.17, 15) is 0 Å². The molecule has 0 aromatic rings. The lowest BCUT2D eigenvalue weighted by molar-refractivity contribution is 0.171. The van der Waals surface area contributed by atoms with Crippen LogP contribution in [-0.4, -0.2) is 37.1 Å². The minimum absolute atomic E-state index is 0.768. The summed E-state index contributed by atoms with van der Waals surface area (Å²) in [6.45, 7) is 9.58. The van der Waals surface area contributed by atoms with E-state index >= 15 is 0 Å². The van der Waals surface area contributed by atoms with E-state index in [-0.39, 0.29) is 0 Å². The maximum atomic E-state index is 3.58. The van der Waals surface area contributed by atoms with Crippen molar-refractivity contribution in [1.82, 2.24) is 10.2 Å². The number of likely N-dealkylation sites (tertiary alicyclic amines) is 1. The van der Waals surface area contributed by atoms with Gasteiger partial charge >= 0.3 is 0 Å². The van der Waals surface area contributed by atoms with Crippen LogP contribution in [0.4, 0.5) is 0 Å². The Morgan fingerprint density at radius 2 is 1.62 bits per heavy atom. The summed E-state index contributed by atoms with van der Waals surface area (Å²) in [5.41, 5.74) is 0. The smallest absolute Gasteiger partial charge is 0.0218 e. The third kappa shape index (κ3) is 5.31. The molecule has 0 radical (unpaired) electrons. The summed E-state index contributed by atoms with van der Waals surface area (Å²) >= 11 is 0. The SMILES string of the molecule is CCCNCC(CC)N1CCCCCCC1. The van der Waals surface area contributed by atoms with E-state index in [1.165, 1.54) is 71.1 Å². The minimum Gasteiger partial charge on any atom is -0.315 e. The van der Waals surface area contributed by atoms with Crippen molar-refractivity contribution in [3.63, 3.8) is 0 Å². The van der Waals surface area contributed by atoms with Crippen molar-refractivity contribution in [3.8, 4) is 0 Å². The maximum Gasteiger partial charge on any atom is 0.0218 e. The van der Waals surface area contributed by atoms with Crippen LogP contribution in [-0.2, 0) is 0 Å². The molecule has 0 spiro atoms. The van der Waals surface area contributed by atoms with Crippen LogP contribution in [0.25, 0.3) is 0 Å². The number of hydrogen-bond acceptors (Lipinski definition) is 2. The first-order valence-corrected chi connectivity index (χ1v) is 7.33. The first-order chi connectivity index (χ1) is 7.88. The van der Waals surface area contributed by atoms with Crippen LogP contribution in [0.1, 0.15) is 58.8 Å². The second-order valence-corrected chi connectivity index (χ2v) is 5.07. The Bertz CT molecular complexity index is 151. The summed E-state index contributed by atoms with van der Waals surface area (Å²) < 4.78 is 0. The fraction of sp³-hybridized carbons (Fsp3) is 1.00. The van der Waals surface area contributed by atoms with Crippen molar-refractivity contribution < 1.29 is 0 Å². The average molecular weight is 226 g/mol. The van der Waals surface area contributed by atoms with Gasteiger partial charge in [-0.2, -0.15) is 0 Å². The lowest BCUT2D eigenvalue weighted by Gasteiger charge is -2.32. The molecule has 1 rings (SSSR count). The Morgan fingerprint density at radius 1 is 1.00 bits per heavy atom. The zero-order valence-electron chi connectivity index (χ0n) is 11.3. The molecule has 0 amide bonds. The van der Waals surface area contributed by atoms with E-state index < -0.39 is 0 Å². The van der Waals surface area contributed by atoms with Gasteiger partial charge in [0.2, 0.25) is 0 Å². The molecule has 1 aliphatic heterocycles. The zero-order chi connectivity index (χ0) is 11.6. The van der Waals surface area contributed by atoms with Gasteiger partial charge in [-0.05, 0) is 45.3 Å². The van der Waals surface area contributed by atoms with Crippen molar-refractivity contribution in [3.05, 3.63) is 0 Å². The molecule has 1 atom stereocenters. The number of hydrogen-bond donors (Lipinski definition) is 1. The molecule has 0 aromatic carbocycles. The molecular weight excluding hydrogens is 196 g/mol. The Kier molecular flexibility index (Phi) is 7.87. The van der Waals surface area contributed by atoms with Gasteiger partial charge in [-0.25, -0.2) is 0 Å². The van der Waals surface area contributed by atoms with E-state index in [4.69, 9.17) is 0 Å². The van der Waals surface area contributed by atoms with Gasteiger partial charge in [0, 0.05) is 12.6 Å². The minimum atomic E-state index is 0.768. The molecule has 1 heterocycles. The Balaban J connectivity index is 2.29. The summed E-state index contributed by atoms with van der Waals surface area (Å²) in [5.74, 6) is 0. The predicted octanol–water partition coefficient (Wildman–Crippen LogP) is 3.03. The molecule has 1 saturated heterocycles. The summed E-state index contributed by atoms with van der Waals surface area (Å²) in [6, 6.07) is 0.768. The van der Waals surface area contributed by atoms with Gasteiger partial charge in [0.25, 0.3) is 0 Å². The Hall–Kier alpha value is -0.0800. The molecule has 1 N–H and O–H groups in total. The van der Waals surface area contributed by atoms with Crippen LogP contribution >= 0.6 is 0 Å². The van der Waals surface area contributed by atoms with E-state index in [1.807, 2.05) is 0 Å². The monoisotopic (exact) mass is 226 g/mol. The molecule has 1 fully saturated rings. The maximum absolute atomic E-state index is 3.58. The normalized spacial score (nSPS) is 21.4. The highest BCUT2D eigenvalue weighted by molar-refractivity contribution is 4.74. The van der Waals surface area contributed by atoms with E-state index in [0.29, 0.717) is 0 Å². The Morgan fingerprint density at radius 3 is 2.19 bits per heavy atom. The van der Waals surface area contributed by atoms with Gasteiger partial charge in [0.05, 0.1) is 0 Å². The standard InChI is InChI=1S/C14H30N2/c1-3-10-15-13-14(4-2)16-11-8-6-5-7-9-12-16/h14-15H,3-13H2,1-2H3.